The molecule has 0 aromatic rings. The molecule has 3 fully saturated rings. The van der Waals surface area contributed by atoms with Gasteiger partial charge >= 0.3 is 24.0 Å². The molecular weight excluding hydrogens is 1910 g/mol. The highest BCUT2D eigenvalue weighted by Crippen LogP contribution is 2.40. The van der Waals surface area contributed by atoms with Gasteiger partial charge in [-0.3, -0.25) is 47.9 Å². The Bertz CT molecular complexity index is 3200. The zero-order valence-corrected chi connectivity index (χ0v) is 97.2. The minimum absolute atomic E-state index is 0.00183. The van der Waals surface area contributed by atoms with Gasteiger partial charge in [-0.1, -0.05) is 288 Å². The Balaban J connectivity index is 1.66. The Labute approximate surface area is 909 Å². The molecule has 150 heavy (non-hydrogen) atoms. The molecule has 0 saturated carbocycles. The molecule has 3 aliphatic heterocycles. The van der Waals surface area contributed by atoms with Crippen molar-refractivity contribution in [3.05, 3.63) is 0 Å². The number of amides is 3. The van der Waals surface area contributed by atoms with Gasteiger partial charge in [0.15, 0.2) is 18.9 Å². The van der Waals surface area contributed by atoms with E-state index in [4.69, 9.17) is 71.1 Å². The van der Waals surface area contributed by atoms with Crippen LogP contribution in [0, 0.1) is 58.7 Å². The number of hydrogen-bond donors (Lipinski definition) is 3. The summed E-state index contributed by atoms with van der Waals surface area (Å²) >= 11 is 0. The normalized spacial score (nSPS) is 21.4. The average molecular weight is 2130 g/mol. The summed E-state index contributed by atoms with van der Waals surface area (Å²) in [4.78, 5) is 142. The van der Waals surface area contributed by atoms with Crippen molar-refractivity contribution in [2.45, 2.75) is 525 Å². The van der Waals surface area contributed by atoms with E-state index < -0.39 is 36.5 Å². The van der Waals surface area contributed by atoms with Crippen LogP contribution >= 0.6 is 0 Å². The molecule has 0 aromatic carbocycles. The first kappa shape index (κ1) is 139. The van der Waals surface area contributed by atoms with Crippen molar-refractivity contribution in [3.63, 3.8) is 0 Å². The highest BCUT2D eigenvalue weighted by molar-refractivity contribution is 5.81. The van der Waals surface area contributed by atoms with Crippen LogP contribution < -0.4 is 16.0 Å². The number of rotatable bonds is 102. The average Bonchev–Trinajstić information content (AvgIpc) is 0.825. The van der Waals surface area contributed by atoms with Crippen LogP contribution in [0.3, 0.4) is 0 Å². The number of esters is 3. The Morgan fingerprint density at radius 2 is 0.533 bits per heavy atom. The maximum absolute atomic E-state index is 14.5. The zero-order valence-electron chi connectivity index (χ0n) is 97.2. The van der Waals surface area contributed by atoms with E-state index in [1.54, 1.807) is 0 Å². The van der Waals surface area contributed by atoms with Gasteiger partial charge in [0, 0.05) is 174 Å². The van der Waals surface area contributed by atoms with Crippen molar-refractivity contribution < 1.29 is 124 Å². The summed E-state index contributed by atoms with van der Waals surface area (Å²) in [6.45, 7) is 32.2. The van der Waals surface area contributed by atoms with Gasteiger partial charge in [0.25, 0.3) is 0 Å². The Kier molecular flexibility index (Phi) is 84.6. The Morgan fingerprint density at radius 1 is 0.253 bits per heavy atom. The number of carbonyl (C=O) groups is 11. The number of ether oxygens (including phenoxy) is 15. The lowest BCUT2D eigenvalue weighted by molar-refractivity contribution is -0.255. The molecule has 3 saturated heterocycles. The molecule has 29 heteroatoms. The quantitative estimate of drug-likeness (QED) is 0.0289. The molecule has 16 atom stereocenters. The topological polar surface area (TPSA) is 362 Å². The minimum atomic E-state index is -1.11. The van der Waals surface area contributed by atoms with E-state index in [1.165, 1.54) is 201 Å². The molecule has 0 aromatic heterocycles. The molecule has 0 spiro atoms. The third-order valence-electron chi connectivity index (χ3n) is 31.4. The number of alkyl carbamates (subject to hydrolysis) is 1. The first-order valence-electron chi connectivity index (χ1n) is 60.7. The van der Waals surface area contributed by atoms with Crippen molar-refractivity contribution in [1.82, 2.24) is 16.0 Å². The predicted molar refractivity (Wildman–Crippen MR) is 590 cm³/mol. The fourth-order valence-corrected chi connectivity index (χ4v) is 20.1. The molecule has 15 unspecified atom stereocenters. The zero-order chi connectivity index (χ0) is 110. The number of unbranched alkanes of at least 4 members (excludes halogenated alkanes) is 39. The summed E-state index contributed by atoms with van der Waals surface area (Å²) in [6, 6.07) is 0. The second-order valence-corrected chi connectivity index (χ2v) is 44.7. The molecule has 0 aliphatic carbocycles. The first-order chi connectivity index (χ1) is 72.5. The lowest BCUT2D eigenvalue weighted by Gasteiger charge is -2.43. The van der Waals surface area contributed by atoms with E-state index in [0.717, 1.165) is 25.7 Å². The molecule has 29 nitrogen and oxygen atoms in total. The predicted octanol–water partition coefficient (Wildman–Crippen LogP) is 25.3. The van der Waals surface area contributed by atoms with Crippen molar-refractivity contribution >= 4 is 64.7 Å². The standard InChI is InChI=1S/C121H219N3O26/c1-15-17-19-21-23-25-27-29-31-33-35-37-39-41-43-57-77-136-86-111(140-78-58-44-42-40-38-36-34-32-30-28-26-24-22-20-18-16-2)87-147-120(135)124-74-56-47-52-69-110(132)85-121(91-137-82-71-108(130)65-50-45-48-63-106(128)67-53-59-79-141-117-100(9)94(3)97(6)112(148-117)88-144-103(12)125,92-138-83-72-109(131)66-51-46-49-64-107(129)68-54-60-80-142-118-101(10)95(4)98(7)113(149-118)89-145-104(13)126)93-139-84-73-116(134)123-76-62-75-122-115(133)70-55-61-81-143-119-102(11)96(5)99(8)114(150-119)90-146-105(14)127/h94-102,111-114,117-119H,15-93H2,1-14H3,(H,122,133)(H,123,134)(H,124,135)/t94?,95?,96?,97?,98?,99?,100?,101?,102?,111-,112?,113?,114?,117?,118?,119?,121?/m1/s1. The maximum Gasteiger partial charge on any atom is 0.407 e. The van der Waals surface area contributed by atoms with Gasteiger partial charge in [-0.2, -0.15) is 0 Å². The number of carbonyl (C=O) groups excluding carboxylic acids is 11. The SMILES string of the molecule is CCCCCCCCCCCCCCCCCCOC[C@H](COC(=O)NCCCCCC(=O)CC(COCCC(=O)CCCCCC(=O)CCCCOC1OC(COC(C)=O)C(C)C(C)C1C)(COCCC(=O)CCCCCC(=O)CCCCOC1OC(COC(C)=O)C(C)C(C)C1C)COCCC(=O)NCCCNC(=O)CCCCOC1OC(COC(C)=O)C(C)C(C)C1C)OCCCCCCCCCCCCCCCCCC. The highest BCUT2D eigenvalue weighted by Gasteiger charge is 2.44. The second kappa shape index (κ2) is 91.5. The fraction of sp³-hybridized carbons (Fsp3) is 0.909. The largest absolute Gasteiger partial charge is 0.463 e. The van der Waals surface area contributed by atoms with E-state index in [0.29, 0.717) is 219 Å². The van der Waals surface area contributed by atoms with E-state index in [1.807, 2.05) is 0 Å². The summed E-state index contributed by atoms with van der Waals surface area (Å²) in [5.74, 6) is 0.703. The minimum Gasteiger partial charge on any atom is -0.463 e. The van der Waals surface area contributed by atoms with E-state index in [2.05, 4.69) is 92.1 Å². The molecule has 3 amide bonds. The molecule has 3 N–H and O–H groups in total. The van der Waals surface area contributed by atoms with Crippen LogP contribution in [-0.4, -0.2) is 233 Å². The fourth-order valence-electron chi connectivity index (χ4n) is 20.1. The van der Waals surface area contributed by atoms with Crippen molar-refractivity contribution in [3.8, 4) is 0 Å². The van der Waals surface area contributed by atoms with Gasteiger partial charge in [-0.15, -0.1) is 0 Å². The lowest BCUT2D eigenvalue weighted by Crippen LogP contribution is -2.47. The summed E-state index contributed by atoms with van der Waals surface area (Å²) in [7, 11) is 0. The van der Waals surface area contributed by atoms with E-state index in [9.17, 15) is 52.7 Å². The molecule has 3 heterocycles. The Morgan fingerprint density at radius 3 is 0.887 bits per heavy atom. The second-order valence-electron chi connectivity index (χ2n) is 44.7. The Hall–Kier alpha value is -5.47. The molecular formula is C121H219N3O26. The van der Waals surface area contributed by atoms with Gasteiger partial charge in [0.1, 0.15) is 61.4 Å². The van der Waals surface area contributed by atoms with E-state index >= 15 is 0 Å². The van der Waals surface area contributed by atoms with Crippen molar-refractivity contribution in [2.75, 3.05) is 125 Å². The number of ketones is 5. The van der Waals surface area contributed by atoms with Crippen LogP contribution in [0.15, 0.2) is 0 Å². The van der Waals surface area contributed by atoms with Gasteiger partial charge in [-0.05, 0) is 132 Å². The van der Waals surface area contributed by atoms with Crippen molar-refractivity contribution in [2.24, 2.45) is 58.7 Å². The number of Topliss-reactive ketones (excluding diaryl/α,β-unsaturated/α-hetero) is 5. The van der Waals surface area contributed by atoms with Crippen LogP contribution in [0.2, 0.25) is 0 Å². The molecule has 0 radical (unpaired) electrons. The van der Waals surface area contributed by atoms with Crippen LogP contribution in [-0.2, 0) is 119 Å². The third-order valence-corrected chi connectivity index (χ3v) is 31.4. The molecule has 874 valence electrons. The first-order valence-corrected chi connectivity index (χ1v) is 60.7. The monoisotopic (exact) mass is 2130 g/mol. The van der Waals surface area contributed by atoms with Crippen LogP contribution in [0.4, 0.5) is 4.79 Å². The molecule has 0 bridgehead atoms. The third kappa shape index (κ3) is 71.7. The smallest absolute Gasteiger partial charge is 0.407 e. The van der Waals surface area contributed by atoms with Crippen molar-refractivity contribution in [1.29, 1.82) is 0 Å². The highest BCUT2D eigenvalue weighted by atomic mass is 16.7. The van der Waals surface area contributed by atoms with Gasteiger partial charge in [0.2, 0.25) is 11.8 Å². The molecule has 3 rings (SSSR count). The number of nitrogens with one attached hydrogen (secondary N) is 3. The van der Waals surface area contributed by atoms with Gasteiger partial charge in [-0.25, -0.2) is 4.79 Å². The summed E-state index contributed by atoms with van der Waals surface area (Å²) < 4.78 is 90.4. The van der Waals surface area contributed by atoms with Crippen LogP contribution in [0.1, 0.15) is 482 Å². The van der Waals surface area contributed by atoms with Gasteiger partial charge in [0.05, 0.1) is 64.6 Å². The van der Waals surface area contributed by atoms with Crippen LogP contribution in [0.5, 0.6) is 0 Å². The van der Waals surface area contributed by atoms with Gasteiger partial charge < -0.3 is 87.0 Å². The maximum atomic E-state index is 14.5. The number of hydrogen-bond acceptors (Lipinski definition) is 26. The molecule has 3 aliphatic rings. The van der Waals surface area contributed by atoms with Crippen LogP contribution in [0.25, 0.3) is 0 Å². The summed E-state index contributed by atoms with van der Waals surface area (Å²) in [5.41, 5.74) is -1.11. The lowest BCUT2D eigenvalue weighted by atomic mass is 9.79. The van der Waals surface area contributed by atoms with E-state index in [-0.39, 0.29) is 217 Å². The summed E-state index contributed by atoms with van der Waals surface area (Å²) in [6.07, 6.45) is 51.6. The summed E-state index contributed by atoms with van der Waals surface area (Å²) in [5, 5.41) is 8.79.